The van der Waals surface area contributed by atoms with Crippen LogP contribution in [0.1, 0.15) is 18.6 Å². The number of nitrogens with two attached hydrogens (primary N) is 1. The van der Waals surface area contributed by atoms with Gasteiger partial charge in [0, 0.05) is 24.9 Å². The third kappa shape index (κ3) is 2.14. The monoisotopic (exact) mass is 216 g/mol. The minimum atomic E-state index is 0.567. The van der Waals surface area contributed by atoms with E-state index in [9.17, 15) is 0 Å². The van der Waals surface area contributed by atoms with E-state index >= 15 is 0 Å². The summed E-state index contributed by atoms with van der Waals surface area (Å²) in [6, 6.07) is 10.1. The van der Waals surface area contributed by atoms with E-state index in [0.717, 1.165) is 29.3 Å². The van der Waals surface area contributed by atoms with E-state index in [4.69, 9.17) is 10.2 Å². The molecule has 0 amide bonds. The number of hydrogen-bond acceptors (Lipinski definition) is 3. The minimum absolute atomic E-state index is 0.567. The van der Waals surface area contributed by atoms with E-state index in [-0.39, 0.29) is 0 Å². The highest BCUT2D eigenvalue weighted by atomic mass is 16.4. The summed E-state index contributed by atoms with van der Waals surface area (Å²) in [5, 5.41) is 0. The summed E-state index contributed by atoms with van der Waals surface area (Å²) in [7, 11) is 0. The lowest BCUT2D eigenvalue weighted by Crippen LogP contribution is -2.02. The molecule has 3 heteroatoms. The van der Waals surface area contributed by atoms with E-state index in [1.54, 1.807) is 0 Å². The average Bonchev–Trinajstić information content (AvgIpc) is 2.74. The van der Waals surface area contributed by atoms with Crippen LogP contribution in [-0.4, -0.2) is 11.5 Å². The quantitative estimate of drug-likeness (QED) is 0.853. The molecule has 0 spiro atoms. The van der Waals surface area contributed by atoms with Gasteiger partial charge in [0.1, 0.15) is 11.5 Å². The molecule has 84 valence electrons. The van der Waals surface area contributed by atoms with E-state index in [0.29, 0.717) is 13.0 Å². The second kappa shape index (κ2) is 4.94. The number of nitrogens with zero attached hydrogens (tertiary/aromatic N) is 1. The van der Waals surface area contributed by atoms with Crippen LogP contribution in [0.5, 0.6) is 0 Å². The van der Waals surface area contributed by atoms with Crippen LogP contribution in [0, 0.1) is 0 Å². The summed E-state index contributed by atoms with van der Waals surface area (Å²) >= 11 is 0. The zero-order chi connectivity index (χ0) is 11.4. The van der Waals surface area contributed by atoms with Gasteiger partial charge in [-0.05, 0) is 0 Å². The molecule has 2 rings (SSSR count). The fourth-order valence-corrected chi connectivity index (χ4v) is 1.69. The molecule has 0 aliphatic heterocycles. The topological polar surface area (TPSA) is 52.0 Å². The lowest BCUT2D eigenvalue weighted by Gasteiger charge is -1.97. The smallest absolute Gasteiger partial charge is 0.196 e. The molecule has 0 aliphatic rings. The molecular formula is C13H16N2O. The van der Waals surface area contributed by atoms with Gasteiger partial charge in [0.05, 0.1) is 0 Å². The van der Waals surface area contributed by atoms with Gasteiger partial charge in [-0.3, -0.25) is 0 Å². The van der Waals surface area contributed by atoms with Crippen LogP contribution in [0.4, 0.5) is 0 Å². The number of rotatable bonds is 4. The van der Waals surface area contributed by atoms with E-state index in [1.807, 2.05) is 30.3 Å². The van der Waals surface area contributed by atoms with Crippen molar-refractivity contribution in [3.05, 3.63) is 42.0 Å². The Hall–Kier alpha value is -1.61. The summed E-state index contributed by atoms with van der Waals surface area (Å²) in [5.74, 6) is 1.67. The second-order valence-corrected chi connectivity index (χ2v) is 3.64. The normalized spacial score (nSPS) is 10.6. The van der Waals surface area contributed by atoms with Crippen molar-refractivity contribution in [2.24, 2.45) is 5.73 Å². The largest absolute Gasteiger partial charge is 0.445 e. The van der Waals surface area contributed by atoms with Crippen molar-refractivity contribution in [2.45, 2.75) is 19.8 Å². The molecule has 0 bridgehead atoms. The van der Waals surface area contributed by atoms with Crippen molar-refractivity contribution in [1.29, 1.82) is 0 Å². The zero-order valence-corrected chi connectivity index (χ0v) is 9.44. The van der Waals surface area contributed by atoms with Crippen LogP contribution in [0.15, 0.2) is 34.7 Å². The van der Waals surface area contributed by atoms with Crippen LogP contribution >= 0.6 is 0 Å². The zero-order valence-electron chi connectivity index (χ0n) is 9.44. The van der Waals surface area contributed by atoms with Crippen molar-refractivity contribution < 1.29 is 4.42 Å². The van der Waals surface area contributed by atoms with Gasteiger partial charge in [-0.15, -0.1) is 0 Å². The fraction of sp³-hybridized carbons (Fsp3) is 0.308. The Balaban J connectivity index is 2.39. The Kier molecular flexibility index (Phi) is 3.37. The molecule has 2 aromatic rings. The van der Waals surface area contributed by atoms with Gasteiger partial charge in [-0.2, -0.15) is 0 Å². The first-order chi connectivity index (χ1) is 7.85. The van der Waals surface area contributed by atoms with Crippen molar-refractivity contribution in [3.8, 4) is 11.3 Å². The van der Waals surface area contributed by atoms with Gasteiger partial charge in [0.2, 0.25) is 0 Å². The van der Waals surface area contributed by atoms with Crippen LogP contribution in [-0.2, 0) is 12.8 Å². The minimum Gasteiger partial charge on any atom is -0.445 e. The first-order valence-corrected chi connectivity index (χ1v) is 5.59. The number of aromatic nitrogens is 1. The van der Waals surface area contributed by atoms with Crippen LogP contribution < -0.4 is 5.73 Å². The third-order valence-corrected chi connectivity index (χ3v) is 2.47. The molecule has 1 aromatic carbocycles. The van der Waals surface area contributed by atoms with E-state index in [2.05, 4.69) is 11.9 Å². The fourth-order valence-electron chi connectivity index (χ4n) is 1.69. The predicted octanol–water partition coefficient (Wildman–Crippen LogP) is 2.41. The predicted molar refractivity (Wildman–Crippen MR) is 64.1 cm³/mol. The second-order valence-electron chi connectivity index (χ2n) is 3.64. The summed E-state index contributed by atoms with van der Waals surface area (Å²) in [6.45, 7) is 2.64. The molecule has 3 nitrogen and oxygen atoms in total. The van der Waals surface area contributed by atoms with Crippen molar-refractivity contribution in [2.75, 3.05) is 6.54 Å². The van der Waals surface area contributed by atoms with Gasteiger partial charge >= 0.3 is 0 Å². The molecule has 0 saturated heterocycles. The summed E-state index contributed by atoms with van der Waals surface area (Å²) in [5.41, 5.74) is 7.55. The maximum Gasteiger partial charge on any atom is 0.196 e. The van der Waals surface area contributed by atoms with Gasteiger partial charge in [-0.25, -0.2) is 4.98 Å². The first-order valence-electron chi connectivity index (χ1n) is 5.59. The molecular weight excluding hydrogens is 200 g/mol. The van der Waals surface area contributed by atoms with Gasteiger partial charge < -0.3 is 10.2 Å². The Labute approximate surface area is 95.3 Å². The lowest BCUT2D eigenvalue weighted by atomic mass is 10.1. The molecule has 16 heavy (non-hydrogen) atoms. The molecule has 0 fully saturated rings. The molecule has 2 N–H and O–H groups in total. The third-order valence-electron chi connectivity index (χ3n) is 2.47. The Morgan fingerprint density at radius 3 is 2.62 bits per heavy atom. The number of oxazole rings is 1. The molecule has 1 aromatic heterocycles. The van der Waals surface area contributed by atoms with E-state index < -0.39 is 0 Å². The van der Waals surface area contributed by atoms with Crippen molar-refractivity contribution >= 4 is 0 Å². The van der Waals surface area contributed by atoms with Crippen LogP contribution in [0.2, 0.25) is 0 Å². The van der Waals surface area contributed by atoms with Gasteiger partial charge in [0.25, 0.3) is 0 Å². The molecule has 0 radical (unpaired) electrons. The molecule has 0 saturated carbocycles. The maximum absolute atomic E-state index is 5.67. The Morgan fingerprint density at radius 2 is 2.00 bits per heavy atom. The molecule has 0 unspecified atom stereocenters. The summed E-state index contributed by atoms with van der Waals surface area (Å²) in [6.07, 6.45) is 1.54. The van der Waals surface area contributed by atoms with E-state index in [1.165, 1.54) is 0 Å². The molecule has 0 aliphatic carbocycles. The highest BCUT2D eigenvalue weighted by molar-refractivity contribution is 5.61. The number of aryl methyl sites for hydroxylation is 1. The SMILES string of the molecule is CCc1oc(CCN)nc1-c1ccccc1. The summed E-state index contributed by atoms with van der Waals surface area (Å²) in [4.78, 5) is 4.49. The number of benzene rings is 1. The van der Waals surface area contributed by atoms with Gasteiger partial charge in [-0.1, -0.05) is 37.3 Å². The number of hydrogen-bond donors (Lipinski definition) is 1. The first kappa shape index (κ1) is 10.9. The Bertz CT molecular complexity index is 448. The highest BCUT2D eigenvalue weighted by Crippen LogP contribution is 2.24. The van der Waals surface area contributed by atoms with Crippen LogP contribution in [0.3, 0.4) is 0 Å². The standard InChI is InChI=1S/C13H16N2O/c1-2-11-13(10-6-4-3-5-7-10)15-12(16-11)8-9-14/h3-7H,2,8-9,14H2,1H3. The maximum atomic E-state index is 5.67. The molecule has 1 heterocycles. The lowest BCUT2D eigenvalue weighted by molar-refractivity contribution is 0.460. The van der Waals surface area contributed by atoms with Crippen LogP contribution in [0.25, 0.3) is 11.3 Å². The Morgan fingerprint density at radius 1 is 1.25 bits per heavy atom. The summed E-state index contributed by atoms with van der Waals surface area (Å²) < 4.78 is 5.67. The van der Waals surface area contributed by atoms with Crippen molar-refractivity contribution in [1.82, 2.24) is 4.98 Å². The molecule has 0 atom stereocenters. The van der Waals surface area contributed by atoms with Gasteiger partial charge in [0.15, 0.2) is 5.89 Å². The highest BCUT2D eigenvalue weighted by Gasteiger charge is 2.12. The van der Waals surface area contributed by atoms with Crippen molar-refractivity contribution in [3.63, 3.8) is 0 Å². The average molecular weight is 216 g/mol.